The first-order chi connectivity index (χ1) is 8.52. The molecule has 0 atom stereocenters. The van der Waals surface area contributed by atoms with Crippen LogP contribution in [0.3, 0.4) is 0 Å². The van der Waals surface area contributed by atoms with E-state index in [1.807, 2.05) is 13.0 Å². The van der Waals surface area contributed by atoms with Crippen LogP contribution in [0.1, 0.15) is 6.92 Å². The smallest absolute Gasteiger partial charge is 0.320 e. The summed E-state index contributed by atoms with van der Waals surface area (Å²) in [6.07, 6.45) is 1.64. The third-order valence-electron chi connectivity index (χ3n) is 2.60. The molecule has 0 aliphatic rings. The molecule has 0 saturated carbocycles. The molecule has 4 nitrogen and oxygen atoms in total. The molecular weight excluding hydrogens is 318 g/mol. The maximum atomic E-state index is 11.3. The van der Waals surface area contributed by atoms with Crippen LogP contribution in [-0.4, -0.2) is 17.6 Å². The van der Waals surface area contributed by atoms with E-state index >= 15 is 0 Å². The maximum absolute atomic E-state index is 11.3. The first kappa shape index (κ1) is 13.1. The minimum atomic E-state index is -0.523. The highest BCUT2D eigenvalue weighted by molar-refractivity contribution is 9.10. The van der Waals surface area contributed by atoms with Crippen LogP contribution in [0.15, 0.2) is 28.9 Å². The number of carbonyl (C=O) groups excluding carboxylic acids is 1. The number of nitrogens with two attached hydrogens (primary N) is 1. The van der Waals surface area contributed by atoms with Crippen molar-refractivity contribution in [3.8, 4) is 0 Å². The summed E-state index contributed by atoms with van der Waals surface area (Å²) in [4.78, 5) is 16.9. The lowest BCUT2D eigenvalue weighted by atomic mass is 10.2. The monoisotopic (exact) mass is 327 g/mol. The fourth-order valence-corrected chi connectivity index (χ4v) is 2.63. The molecule has 2 aromatic rings. The zero-order chi connectivity index (χ0) is 13.3. The largest absolute Gasteiger partial charge is 0.351 e. The molecular formula is C12H11BrClN3O. The van der Waals surface area contributed by atoms with Gasteiger partial charge in [-0.2, -0.15) is 0 Å². The van der Waals surface area contributed by atoms with E-state index in [1.165, 1.54) is 4.90 Å². The van der Waals surface area contributed by atoms with Crippen LogP contribution < -0.4 is 10.6 Å². The van der Waals surface area contributed by atoms with Crippen molar-refractivity contribution in [2.24, 2.45) is 5.73 Å². The van der Waals surface area contributed by atoms with E-state index in [1.54, 1.807) is 18.3 Å². The van der Waals surface area contributed by atoms with E-state index in [9.17, 15) is 4.79 Å². The summed E-state index contributed by atoms with van der Waals surface area (Å²) in [6, 6.07) is 4.99. The van der Waals surface area contributed by atoms with Crippen molar-refractivity contribution in [2.75, 3.05) is 11.4 Å². The maximum Gasteiger partial charge on any atom is 0.320 e. The number of nitrogens with zero attached hydrogens (tertiary/aromatic N) is 2. The summed E-state index contributed by atoms with van der Waals surface area (Å²) >= 11 is 9.50. The van der Waals surface area contributed by atoms with Gasteiger partial charge in [-0.25, -0.2) is 9.78 Å². The number of rotatable bonds is 2. The third kappa shape index (κ3) is 2.42. The highest BCUT2D eigenvalue weighted by Crippen LogP contribution is 2.29. The number of halogens is 2. The molecule has 0 spiro atoms. The second-order valence-corrected chi connectivity index (χ2v) is 5.06. The number of fused-ring (bicyclic) bond motifs is 1. The van der Waals surface area contributed by atoms with Crippen molar-refractivity contribution < 1.29 is 4.79 Å². The van der Waals surface area contributed by atoms with Crippen LogP contribution in [0.25, 0.3) is 10.8 Å². The molecule has 0 aliphatic heterocycles. The molecule has 0 saturated heterocycles. The van der Waals surface area contributed by atoms with Crippen LogP contribution in [0, 0.1) is 0 Å². The summed E-state index contributed by atoms with van der Waals surface area (Å²) in [5.41, 5.74) is 5.29. The van der Waals surface area contributed by atoms with Crippen LogP contribution in [-0.2, 0) is 0 Å². The van der Waals surface area contributed by atoms with E-state index < -0.39 is 6.03 Å². The Morgan fingerprint density at radius 1 is 1.50 bits per heavy atom. The number of anilines is 1. The highest BCUT2D eigenvalue weighted by Gasteiger charge is 2.12. The van der Waals surface area contributed by atoms with Gasteiger partial charge in [-0.05, 0) is 30.5 Å². The van der Waals surface area contributed by atoms with Crippen molar-refractivity contribution in [3.63, 3.8) is 0 Å². The van der Waals surface area contributed by atoms with Crippen LogP contribution in [0.5, 0.6) is 0 Å². The van der Waals surface area contributed by atoms with E-state index in [2.05, 4.69) is 20.9 Å². The average molecular weight is 329 g/mol. The summed E-state index contributed by atoms with van der Waals surface area (Å²) in [5, 5.41) is 2.35. The average Bonchev–Trinajstić information content (AvgIpc) is 2.28. The van der Waals surface area contributed by atoms with Gasteiger partial charge in [0, 0.05) is 22.6 Å². The number of urea groups is 1. The second kappa shape index (κ2) is 5.12. The van der Waals surface area contributed by atoms with E-state index in [-0.39, 0.29) is 0 Å². The van der Waals surface area contributed by atoms with Crippen LogP contribution >= 0.6 is 27.5 Å². The van der Waals surface area contributed by atoms with Gasteiger partial charge in [-0.3, -0.25) is 4.90 Å². The van der Waals surface area contributed by atoms with Crippen molar-refractivity contribution >= 4 is 50.2 Å². The molecule has 1 heterocycles. The predicted molar refractivity (Wildman–Crippen MR) is 77.1 cm³/mol. The molecule has 2 amide bonds. The number of amides is 2. The quantitative estimate of drug-likeness (QED) is 0.916. The van der Waals surface area contributed by atoms with Gasteiger partial charge in [-0.1, -0.05) is 27.5 Å². The van der Waals surface area contributed by atoms with E-state index in [4.69, 9.17) is 17.3 Å². The van der Waals surface area contributed by atoms with Gasteiger partial charge in [-0.15, -0.1) is 0 Å². The molecule has 94 valence electrons. The van der Waals surface area contributed by atoms with Crippen LogP contribution in [0.2, 0.25) is 5.02 Å². The zero-order valence-corrected chi connectivity index (χ0v) is 12.0. The first-order valence-electron chi connectivity index (χ1n) is 5.34. The fourth-order valence-electron chi connectivity index (χ4n) is 1.75. The van der Waals surface area contributed by atoms with Gasteiger partial charge < -0.3 is 5.73 Å². The SMILES string of the molecule is CCN(C(N)=O)c1cc2cc(Br)cc(Cl)c2cn1. The van der Waals surface area contributed by atoms with Gasteiger partial charge in [0.1, 0.15) is 5.82 Å². The summed E-state index contributed by atoms with van der Waals surface area (Å²) < 4.78 is 0.874. The minimum Gasteiger partial charge on any atom is -0.351 e. The van der Waals surface area contributed by atoms with Gasteiger partial charge in [0.2, 0.25) is 0 Å². The Morgan fingerprint density at radius 2 is 2.22 bits per heavy atom. The molecule has 6 heteroatoms. The number of hydrogen-bond donors (Lipinski definition) is 1. The number of benzene rings is 1. The van der Waals surface area contributed by atoms with Crippen molar-refractivity contribution in [1.82, 2.24) is 4.98 Å². The molecule has 0 aliphatic carbocycles. The van der Waals surface area contributed by atoms with Gasteiger partial charge in [0.15, 0.2) is 0 Å². The minimum absolute atomic E-state index is 0.468. The Balaban J connectivity index is 2.59. The molecule has 0 unspecified atom stereocenters. The fraction of sp³-hybridized carbons (Fsp3) is 0.167. The topological polar surface area (TPSA) is 59.2 Å². The zero-order valence-electron chi connectivity index (χ0n) is 9.65. The molecule has 2 N–H and O–H groups in total. The summed E-state index contributed by atoms with van der Waals surface area (Å²) in [5.74, 6) is 0.520. The Kier molecular flexibility index (Phi) is 3.73. The lowest BCUT2D eigenvalue weighted by molar-refractivity contribution is 0.254. The van der Waals surface area contributed by atoms with Gasteiger partial charge in [0.05, 0.1) is 5.02 Å². The van der Waals surface area contributed by atoms with Crippen molar-refractivity contribution in [2.45, 2.75) is 6.92 Å². The number of hydrogen-bond acceptors (Lipinski definition) is 2. The van der Waals surface area contributed by atoms with Crippen molar-refractivity contribution in [3.05, 3.63) is 33.9 Å². The normalized spacial score (nSPS) is 10.6. The first-order valence-corrected chi connectivity index (χ1v) is 6.51. The van der Waals surface area contributed by atoms with Crippen LogP contribution in [0.4, 0.5) is 10.6 Å². The van der Waals surface area contributed by atoms with Crippen molar-refractivity contribution in [1.29, 1.82) is 0 Å². The number of primary amides is 1. The Hall–Kier alpha value is -1.33. The number of aromatic nitrogens is 1. The molecule has 2 rings (SSSR count). The molecule has 0 fully saturated rings. The lowest BCUT2D eigenvalue weighted by Gasteiger charge is -2.17. The molecule has 1 aromatic heterocycles. The number of carbonyl (C=O) groups is 1. The molecule has 18 heavy (non-hydrogen) atoms. The lowest BCUT2D eigenvalue weighted by Crippen LogP contribution is -2.36. The number of pyridine rings is 1. The Morgan fingerprint density at radius 3 is 2.83 bits per heavy atom. The highest BCUT2D eigenvalue weighted by atomic mass is 79.9. The van der Waals surface area contributed by atoms with E-state index in [0.717, 1.165) is 15.2 Å². The van der Waals surface area contributed by atoms with Gasteiger partial charge in [0.25, 0.3) is 0 Å². The third-order valence-corrected chi connectivity index (χ3v) is 3.37. The predicted octanol–water partition coefficient (Wildman–Crippen LogP) is 3.56. The standard InChI is InChI=1S/C12H11BrClN3O/c1-2-17(12(15)18)11-4-7-3-8(13)5-10(14)9(7)6-16-11/h3-6H,2H2,1H3,(H2,15,18). The Bertz CT molecular complexity index is 618. The summed E-state index contributed by atoms with van der Waals surface area (Å²) in [6.45, 7) is 2.31. The van der Waals surface area contributed by atoms with Gasteiger partial charge >= 0.3 is 6.03 Å². The Labute approximate surface area is 118 Å². The molecule has 0 radical (unpaired) electrons. The summed E-state index contributed by atoms with van der Waals surface area (Å²) in [7, 11) is 0. The molecule has 1 aromatic carbocycles. The molecule has 0 bridgehead atoms. The van der Waals surface area contributed by atoms with E-state index in [0.29, 0.717) is 17.4 Å². The second-order valence-electron chi connectivity index (χ2n) is 3.73.